The summed E-state index contributed by atoms with van der Waals surface area (Å²) in [6.07, 6.45) is 0. The summed E-state index contributed by atoms with van der Waals surface area (Å²) in [4.78, 5) is 43.0. The average molecular weight is 591 g/mol. The lowest BCUT2D eigenvalue weighted by Gasteiger charge is -2.24. The van der Waals surface area contributed by atoms with Gasteiger partial charge in [-0.15, -0.1) is 0 Å². The molecule has 0 aromatic heterocycles. The number of fused-ring (bicyclic) bond motifs is 2. The standard InChI is InChI=1S/C34H23ClN2O4S/c35-25-12-8-9-22(19-25)21-37-29-20-24(17-18-31(29)42(41)30-16-7-5-14-27(30)34(37)40)33(39)36-28-15-6-4-13-26(28)32(38)23-10-2-1-3-11-23/h1-20H,21H2,(H,36,39)/t42-/m0/s1. The minimum atomic E-state index is -1.67. The number of hydrogen-bond acceptors (Lipinski definition) is 4. The SMILES string of the molecule is O=C(Nc1ccccc1C(=O)c1ccccc1)c1ccc2c(c1)N(Cc1cccc(Cl)c1)C(=O)c1ccccc1[S@@]2=O. The zero-order valence-electron chi connectivity index (χ0n) is 22.1. The Morgan fingerprint density at radius 3 is 2.29 bits per heavy atom. The number of anilines is 2. The number of para-hydroxylation sites is 1. The topological polar surface area (TPSA) is 83.6 Å². The number of hydrogen-bond donors (Lipinski definition) is 1. The molecule has 0 radical (unpaired) electrons. The Kier molecular flexibility index (Phi) is 7.52. The van der Waals surface area contributed by atoms with Gasteiger partial charge in [0.05, 0.1) is 44.1 Å². The summed E-state index contributed by atoms with van der Waals surface area (Å²) in [5, 5.41) is 3.38. The van der Waals surface area contributed by atoms with Gasteiger partial charge in [-0.3, -0.25) is 14.4 Å². The van der Waals surface area contributed by atoms with E-state index in [-0.39, 0.29) is 23.8 Å². The number of ketones is 1. The molecule has 6 nitrogen and oxygen atoms in total. The molecule has 0 saturated heterocycles. The minimum absolute atomic E-state index is 0.150. The molecule has 5 aromatic carbocycles. The van der Waals surface area contributed by atoms with E-state index in [2.05, 4.69) is 5.32 Å². The van der Waals surface area contributed by atoms with Crippen molar-refractivity contribution >= 4 is 51.4 Å². The Balaban J connectivity index is 1.39. The van der Waals surface area contributed by atoms with Crippen LogP contribution in [0.5, 0.6) is 0 Å². The van der Waals surface area contributed by atoms with Crippen LogP contribution in [0.4, 0.5) is 11.4 Å². The molecule has 0 bridgehead atoms. The second kappa shape index (κ2) is 11.6. The third-order valence-electron chi connectivity index (χ3n) is 6.96. The van der Waals surface area contributed by atoms with Gasteiger partial charge in [-0.25, -0.2) is 4.21 Å². The van der Waals surface area contributed by atoms with Crippen LogP contribution in [0.25, 0.3) is 0 Å². The molecule has 6 rings (SSSR count). The fraction of sp³-hybridized carbons (Fsp3) is 0.0294. The van der Waals surface area contributed by atoms with E-state index in [0.29, 0.717) is 42.9 Å². The smallest absolute Gasteiger partial charge is 0.259 e. The quantitative estimate of drug-likeness (QED) is 0.213. The predicted molar refractivity (Wildman–Crippen MR) is 164 cm³/mol. The molecule has 8 heteroatoms. The normalized spacial score (nSPS) is 14.0. The fourth-order valence-corrected chi connectivity index (χ4v) is 6.47. The van der Waals surface area contributed by atoms with E-state index in [1.807, 2.05) is 12.1 Å². The van der Waals surface area contributed by atoms with Crippen molar-refractivity contribution in [1.82, 2.24) is 0 Å². The molecule has 0 aliphatic carbocycles. The van der Waals surface area contributed by atoms with E-state index in [1.165, 1.54) is 4.90 Å². The first kappa shape index (κ1) is 27.3. The highest BCUT2D eigenvalue weighted by Gasteiger charge is 2.31. The Hall–Kier alpha value is -4.85. The molecule has 1 aliphatic heterocycles. The molecule has 2 amide bonds. The number of halogens is 1. The lowest BCUT2D eigenvalue weighted by molar-refractivity contribution is 0.0978. The van der Waals surface area contributed by atoms with Crippen molar-refractivity contribution in [3.63, 3.8) is 0 Å². The van der Waals surface area contributed by atoms with Gasteiger partial charge in [0, 0.05) is 21.7 Å². The van der Waals surface area contributed by atoms with Crippen molar-refractivity contribution in [3.8, 4) is 0 Å². The molecular formula is C34H23ClN2O4S. The Labute approximate surface area is 250 Å². The van der Waals surface area contributed by atoms with Crippen LogP contribution in [-0.4, -0.2) is 21.8 Å². The Morgan fingerprint density at radius 2 is 1.48 bits per heavy atom. The van der Waals surface area contributed by atoms with Crippen molar-refractivity contribution < 1.29 is 18.6 Å². The van der Waals surface area contributed by atoms with Gasteiger partial charge < -0.3 is 10.2 Å². The molecule has 0 spiro atoms. The van der Waals surface area contributed by atoms with E-state index in [1.54, 1.807) is 109 Å². The van der Waals surface area contributed by atoms with E-state index in [4.69, 9.17) is 11.6 Å². The van der Waals surface area contributed by atoms with Crippen LogP contribution in [0.1, 0.15) is 42.2 Å². The minimum Gasteiger partial charge on any atom is -0.321 e. The second-order valence-corrected chi connectivity index (χ2v) is 11.5. The molecular weight excluding hydrogens is 568 g/mol. The maximum Gasteiger partial charge on any atom is 0.259 e. The number of benzene rings is 5. The molecule has 0 fully saturated rings. The van der Waals surface area contributed by atoms with Crippen LogP contribution >= 0.6 is 11.6 Å². The van der Waals surface area contributed by atoms with Crippen molar-refractivity contribution in [1.29, 1.82) is 0 Å². The first-order valence-electron chi connectivity index (χ1n) is 13.1. The summed E-state index contributed by atoms with van der Waals surface area (Å²) in [7, 11) is -1.67. The lowest BCUT2D eigenvalue weighted by atomic mass is 10.0. The molecule has 0 unspecified atom stereocenters. The number of amides is 2. The van der Waals surface area contributed by atoms with Gasteiger partial charge in [-0.1, -0.05) is 78.3 Å². The van der Waals surface area contributed by atoms with E-state index < -0.39 is 16.7 Å². The first-order valence-corrected chi connectivity index (χ1v) is 14.6. The summed E-state index contributed by atoms with van der Waals surface area (Å²) in [5.41, 5.74) is 2.90. The molecule has 206 valence electrons. The van der Waals surface area contributed by atoms with E-state index in [9.17, 15) is 18.6 Å². The molecule has 42 heavy (non-hydrogen) atoms. The van der Waals surface area contributed by atoms with Crippen LogP contribution in [-0.2, 0) is 17.3 Å². The predicted octanol–water partition coefficient (Wildman–Crippen LogP) is 7.15. The molecule has 1 atom stereocenters. The molecule has 5 aromatic rings. The number of rotatable bonds is 6. The third kappa shape index (κ3) is 5.28. The number of nitrogens with one attached hydrogen (secondary N) is 1. The highest BCUT2D eigenvalue weighted by Crippen LogP contribution is 2.36. The van der Waals surface area contributed by atoms with Crippen molar-refractivity contribution in [2.24, 2.45) is 0 Å². The van der Waals surface area contributed by atoms with Gasteiger partial charge in [-0.05, 0) is 60.2 Å². The number of carbonyl (C=O) groups excluding carboxylic acids is 3. The maximum atomic E-state index is 13.9. The number of nitrogens with zero attached hydrogens (tertiary/aromatic N) is 1. The van der Waals surface area contributed by atoms with Gasteiger partial charge in [0.25, 0.3) is 11.8 Å². The average Bonchev–Trinajstić information content (AvgIpc) is 3.10. The highest BCUT2D eigenvalue weighted by molar-refractivity contribution is 7.85. The van der Waals surface area contributed by atoms with Crippen LogP contribution in [0, 0.1) is 0 Å². The molecule has 1 N–H and O–H groups in total. The van der Waals surface area contributed by atoms with E-state index in [0.717, 1.165) is 5.56 Å². The number of carbonyl (C=O) groups is 3. The van der Waals surface area contributed by atoms with Crippen molar-refractivity contribution in [2.45, 2.75) is 16.3 Å². The van der Waals surface area contributed by atoms with Crippen LogP contribution < -0.4 is 10.2 Å². The summed E-state index contributed by atoms with van der Waals surface area (Å²) in [5.74, 6) is -1.04. The zero-order valence-corrected chi connectivity index (χ0v) is 23.7. The van der Waals surface area contributed by atoms with Gasteiger partial charge in [0.1, 0.15) is 0 Å². The van der Waals surface area contributed by atoms with Crippen LogP contribution in [0.3, 0.4) is 0 Å². The largest absolute Gasteiger partial charge is 0.321 e. The second-order valence-electron chi connectivity index (χ2n) is 9.66. The molecule has 1 heterocycles. The lowest BCUT2D eigenvalue weighted by Crippen LogP contribution is -2.30. The van der Waals surface area contributed by atoms with Gasteiger partial charge in [0.15, 0.2) is 5.78 Å². The summed E-state index contributed by atoms with van der Waals surface area (Å²) < 4.78 is 13.7. The Morgan fingerprint density at radius 1 is 0.738 bits per heavy atom. The summed E-state index contributed by atoms with van der Waals surface area (Å²) >= 11 is 6.22. The summed E-state index contributed by atoms with van der Waals surface area (Å²) in [6, 6.07) is 34.3. The van der Waals surface area contributed by atoms with Gasteiger partial charge >= 0.3 is 0 Å². The van der Waals surface area contributed by atoms with Gasteiger partial charge in [0.2, 0.25) is 0 Å². The monoisotopic (exact) mass is 590 g/mol. The van der Waals surface area contributed by atoms with Crippen molar-refractivity contribution in [2.75, 3.05) is 10.2 Å². The van der Waals surface area contributed by atoms with Crippen LogP contribution in [0.2, 0.25) is 5.02 Å². The maximum absolute atomic E-state index is 13.9. The Bertz CT molecular complexity index is 1890. The zero-order chi connectivity index (χ0) is 29.2. The molecule has 1 aliphatic rings. The third-order valence-corrected chi connectivity index (χ3v) is 8.69. The fourth-order valence-electron chi connectivity index (χ4n) is 4.91. The molecule has 0 saturated carbocycles. The summed E-state index contributed by atoms with van der Waals surface area (Å²) in [6.45, 7) is 0.150. The first-order chi connectivity index (χ1) is 20.4. The van der Waals surface area contributed by atoms with Gasteiger partial charge in [-0.2, -0.15) is 0 Å². The van der Waals surface area contributed by atoms with Crippen molar-refractivity contribution in [3.05, 3.63) is 154 Å². The van der Waals surface area contributed by atoms with Crippen LogP contribution in [0.15, 0.2) is 131 Å². The van der Waals surface area contributed by atoms with E-state index >= 15 is 0 Å². The highest BCUT2D eigenvalue weighted by atomic mass is 35.5.